The Balaban J connectivity index is 2.70. The Hall–Kier alpha value is -1.56. The molecule has 0 aliphatic carbocycles. The van der Waals surface area contributed by atoms with Crippen molar-refractivity contribution in [3.8, 4) is 5.75 Å². The quantitative estimate of drug-likeness (QED) is 0.750. The minimum Gasteiger partial charge on any atom is -0.490 e. The Bertz CT molecular complexity index is 346. The van der Waals surface area contributed by atoms with Crippen molar-refractivity contribution in [1.82, 2.24) is 9.97 Å². The highest BCUT2D eigenvalue weighted by atomic mass is 16.5. The van der Waals surface area contributed by atoms with E-state index in [1.54, 1.807) is 14.2 Å². The molecule has 1 atom stereocenters. The van der Waals surface area contributed by atoms with E-state index in [1.807, 2.05) is 13.8 Å². The standard InChI is InChI=1S/C11H20N4O2/c1-5-17-8(2)6-13-11-9(16-4)10(12-3)14-7-15-11/h7-8H,5-6H2,1-4H3,(H2,12,13,14,15). The van der Waals surface area contributed by atoms with E-state index in [1.165, 1.54) is 6.33 Å². The lowest BCUT2D eigenvalue weighted by atomic mass is 10.4. The van der Waals surface area contributed by atoms with Crippen molar-refractivity contribution in [2.75, 3.05) is 37.9 Å². The van der Waals surface area contributed by atoms with E-state index in [4.69, 9.17) is 9.47 Å². The molecule has 0 amide bonds. The number of anilines is 2. The summed E-state index contributed by atoms with van der Waals surface area (Å²) < 4.78 is 10.7. The summed E-state index contributed by atoms with van der Waals surface area (Å²) in [5.41, 5.74) is 0. The van der Waals surface area contributed by atoms with Gasteiger partial charge in [0.2, 0.25) is 5.75 Å². The Morgan fingerprint density at radius 2 is 2.06 bits per heavy atom. The van der Waals surface area contributed by atoms with Crippen LogP contribution in [-0.2, 0) is 4.74 Å². The molecule has 0 aromatic carbocycles. The molecule has 0 aliphatic rings. The second-order valence-electron chi connectivity index (χ2n) is 3.50. The van der Waals surface area contributed by atoms with E-state index >= 15 is 0 Å². The van der Waals surface area contributed by atoms with E-state index in [2.05, 4.69) is 20.6 Å². The molecule has 0 saturated heterocycles. The number of aromatic nitrogens is 2. The monoisotopic (exact) mass is 240 g/mol. The van der Waals surface area contributed by atoms with Crippen molar-refractivity contribution < 1.29 is 9.47 Å². The third kappa shape index (κ3) is 3.74. The third-order valence-corrected chi connectivity index (χ3v) is 2.25. The first kappa shape index (κ1) is 13.5. The molecule has 1 heterocycles. The van der Waals surface area contributed by atoms with Gasteiger partial charge in [0.1, 0.15) is 6.33 Å². The maximum Gasteiger partial charge on any atom is 0.204 e. The maximum absolute atomic E-state index is 5.43. The Kier molecular flexibility index (Phi) is 5.48. The van der Waals surface area contributed by atoms with Gasteiger partial charge < -0.3 is 20.1 Å². The van der Waals surface area contributed by atoms with Gasteiger partial charge >= 0.3 is 0 Å². The van der Waals surface area contributed by atoms with Crippen molar-refractivity contribution in [3.05, 3.63) is 6.33 Å². The molecular weight excluding hydrogens is 220 g/mol. The molecule has 0 aliphatic heterocycles. The molecule has 0 radical (unpaired) electrons. The molecule has 6 nitrogen and oxygen atoms in total. The van der Waals surface area contributed by atoms with Crippen LogP contribution in [0, 0.1) is 0 Å². The molecule has 1 unspecified atom stereocenters. The van der Waals surface area contributed by atoms with Gasteiger partial charge in [-0.25, -0.2) is 9.97 Å². The van der Waals surface area contributed by atoms with Crippen LogP contribution in [0.4, 0.5) is 11.6 Å². The molecule has 96 valence electrons. The lowest BCUT2D eigenvalue weighted by Gasteiger charge is -2.15. The third-order valence-electron chi connectivity index (χ3n) is 2.25. The Morgan fingerprint density at radius 3 is 2.65 bits per heavy atom. The fourth-order valence-corrected chi connectivity index (χ4v) is 1.45. The normalized spacial score (nSPS) is 12.0. The fraction of sp³-hybridized carbons (Fsp3) is 0.636. The summed E-state index contributed by atoms with van der Waals surface area (Å²) in [5, 5.41) is 6.13. The average Bonchev–Trinajstić information content (AvgIpc) is 2.36. The molecule has 1 aromatic heterocycles. The topological polar surface area (TPSA) is 68.3 Å². The van der Waals surface area contributed by atoms with E-state index < -0.39 is 0 Å². The SMILES string of the molecule is CCOC(C)CNc1ncnc(NC)c1OC. The van der Waals surface area contributed by atoms with Crippen molar-refractivity contribution in [3.63, 3.8) is 0 Å². The number of ether oxygens (including phenoxy) is 2. The van der Waals surface area contributed by atoms with Gasteiger partial charge in [-0.2, -0.15) is 0 Å². The van der Waals surface area contributed by atoms with Gasteiger partial charge in [-0.15, -0.1) is 0 Å². The van der Waals surface area contributed by atoms with Gasteiger partial charge in [-0.1, -0.05) is 0 Å². The van der Waals surface area contributed by atoms with E-state index in [-0.39, 0.29) is 6.10 Å². The lowest BCUT2D eigenvalue weighted by molar-refractivity contribution is 0.0854. The molecule has 1 aromatic rings. The molecule has 0 saturated carbocycles. The summed E-state index contributed by atoms with van der Waals surface area (Å²) >= 11 is 0. The Morgan fingerprint density at radius 1 is 1.35 bits per heavy atom. The molecule has 0 fully saturated rings. The molecule has 6 heteroatoms. The average molecular weight is 240 g/mol. The number of hydrogen-bond donors (Lipinski definition) is 2. The summed E-state index contributed by atoms with van der Waals surface area (Å²) in [7, 11) is 3.38. The van der Waals surface area contributed by atoms with Gasteiger partial charge in [0.15, 0.2) is 11.6 Å². The smallest absolute Gasteiger partial charge is 0.204 e. The molecule has 1 rings (SSSR count). The number of nitrogens with zero attached hydrogens (tertiary/aromatic N) is 2. The first-order chi connectivity index (χ1) is 8.22. The van der Waals surface area contributed by atoms with E-state index in [0.717, 1.165) is 0 Å². The van der Waals surface area contributed by atoms with Crippen LogP contribution in [0.25, 0.3) is 0 Å². The van der Waals surface area contributed by atoms with Crippen LogP contribution in [0.15, 0.2) is 6.33 Å². The van der Waals surface area contributed by atoms with E-state index in [9.17, 15) is 0 Å². The lowest BCUT2D eigenvalue weighted by Crippen LogP contribution is -2.20. The zero-order chi connectivity index (χ0) is 12.7. The summed E-state index contributed by atoms with van der Waals surface area (Å²) in [6, 6.07) is 0. The van der Waals surface area contributed by atoms with Crippen molar-refractivity contribution in [2.45, 2.75) is 20.0 Å². The van der Waals surface area contributed by atoms with Gasteiger partial charge in [0.25, 0.3) is 0 Å². The minimum absolute atomic E-state index is 0.123. The van der Waals surface area contributed by atoms with Crippen LogP contribution >= 0.6 is 0 Å². The summed E-state index contributed by atoms with van der Waals surface area (Å²) in [5.74, 6) is 1.94. The summed E-state index contributed by atoms with van der Waals surface area (Å²) in [6.07, 6.45) is 1.61. The van der Waals surface area contributed by atoms with Gasteiger partial charge in [0, 0.05) is 20.2 Å². The van der Waals surface area contributed by atoms with Crippen molar-refractivity contribution >= 4 is 11.6 Å². The second kappa shape index (κ2) is 6.90. The van der Waals surface area contributed by atoms with Gasteiger partial charge in [0.05, 0.1) is 13.2 Å². The minimum atomic E-state index is 0.123. The molecule has 0 spiro atoms. The van der Waals surface area contributed by atoms with Gasteiger partial charge in [-0.05, 0) is 13.8 Å². The zero-order valence-electron chi connectivity index (χ0n) is 10.8. The van der Waals surface area contributed by atoms with Crippen LogP contribution in [-0.4, -0.2) is 43.4 Å². The van der Waals surface area contributed by atoms with Crippen molar-refractivity contribution in [1.29, 1.82) is 0 Å². The predicted octanol–water partition coefficient (Wildman–Crippen LogP) is 1.36. The zero-order valence-corrected chi connectivity index (χ0v) is 10.8. The Labute approximate surface area is 102 Å². The number of rotatable bonds is 7. The maximum atomic E-state index is 5.43. The first-order valence-corrected chi connectivity index (χ1v) is 5.65. The van der Waals surface area contributed by atoms with Crippen LogP contribution in [0.2, 0.25) is 0 Å². The number of hydrogen-bond acceptors (Lipinski definition) is 6. The highest BCUT2D eigenvalue weighted by molar-refractivity contribution is 5.63. The van der Waals surface area contributed by atoms with Crippen LogP contribution in [0.1, 0.15) is 13.8 Å². The van der Waals surface area contributed by atoms with Crippen LogP contribution < -0.4 is 15.4 Å². The number of nitrogens with one attached hydrogen (secondary N) is 2. The first-order valence-electron chi connectivity index (χ1n) is 5.65. The van der Waals surface area contributed by atoms with Gasteiger partial charge in [-0.3, -0.25) is 0 Å². The largest absolute Gasteiger partial charge is 0.490 e. The van der Waals surface area contributed by atoms with Crippen LogP contribution in [0.5, 0.6) is 5.75 Å². The van der Waals surface area contributed by atoms with Crippen molar-refractivity contribution in [2.24, 2.45) is 0 Å². The molecule has 2 N–H and O–H groups in total. The molecular formula is C11H20N4O2. The van der Waals surface area contributed by atoms with Crippen LogP contribution in [0.3, 0.4) is 0 Å². The fourth-order valence-electron chi connectivity index (χ4n) is 1.45. The summed E-state index contributed by atoms with van der Waals surface area (Å²) in [6.45, 7) is 5.35. The number of methoxy groups -OCH3 is 1. The molecule has 0 bridgehead atoms. The molecule has 17 heavy (non-hydrogen) atoms. The second-order valence-corrected chi connectivity index (χ2v) is 3.50. The van der Waals surface area contributed by atoms with E-state index in [0.29, 0.717) is 30.5 Å². The summed E-state index contributed by atoms with van der Waals surface area (Å²) in [4.78, 5) is 8.22. The highest BCUT2D eigenvalue weighted by Crippen LogP contribution is 2.28. The predicted molar refractivity (Wildman–Crippen MR) is 67.7 cm³/mol. The highest BCUT2D eigenvalue weighted by Gasteiger charge is 2.11.